The van der Waals surface area contributed by atoms with E-state index in [1.165, 1.54) is 19.2 Å². The minimum Gasteiger partial charge on any atom is -0.494 e. The van der Waals surface area contributed by atoms with Gasteiger partial charge in [-0.1, -0.05) is 0 Å². The van der Waals surface area contributed by atoms with Gasteiger partial charge in [-0.3, -0.25) is 4.79 Å². The van der Waals surface area contributed by atoms with Crippen LogP contribution in [0, 0.1) is 5.82 Å². The van der Waals surface area contributed by atoms with Crippen LogP contribution in [0.3, 0.4) is 0 Å². The summed E-state index contributed by atoms with van der Waals surface area (Å²) >= 11 is 0. The first-order valence-corrected chi connectivity index (χ1v) is 5.59. The van der Waals surface area contributed by atoms with Crippen LogP contribution in [-0.4, -0.2) is 42.2 Å². The number of likely N-dealkylation sites (N-methyl/N-ethyl adjacent to an activating group) is 1. The normalized spacial score (nSPS) is 9.84. The SMILES string of the molecule is CCN(CC(=O)O)C(=O)Nc1ccc(F)c(OC)c1. The van der Waals surface area contributed by atoms with E-state index in [0.29, 0.717) is 5.69 Å². The molecule has 0 fully saturated rings. The third kappa shape index (κ3) is 4.13. The van der Waals surface area contributed by atoms with E-state index in [2.05, 4.69) is 5.32 Å². The van der Waals surface area contributed by atoms with Gasteiger partial charge in [0.25, 0.3) is 0 Å². The number of urea groups is 1. The first-order valence-electron chi connectivity index (χ1n) is 5.59. The van der Waals surface area contributed by atoms with Crippen molar-refractivity contribution >= 4 is 17.7 Å². The summed E-state index contributed by atoms with van der Waals surface area (Å²) in [5, 5.41) is 11.1. The number of methoxy groups -OCH3 is 1. The van der Waals surface area contributed by atoms with Crippen molar-refractivity contribution in [3.05, 3.63) is 24.0 Å². The van der Waals surface area contributed by atoms with Crippen LogP contribution in [0.4, 0.5) is 14.9 Å². The highest BCUT2D eigenvalue weighted by Crippen LogP contribution is 2.21. The highest BCUT2D eigenvalue weighted by Gasteiger charge is 2.15. The number of hydrogen-bond acceptors (Lipinski definition) is 3. The van der Waals surface area contributed by atoms with E-state index in [1.807, 2.05) is 0 Å². The van der Waals surface area contributed by atoms with Gasteiger partial charge in [0.15, 0.2) is 11.6 Å². The second-order valence-electron chi connectivity index (χ2n) is 3.69. The molecule has 1 aromatic carbocycles. The standard InChI is InChI=1S/C12H15FN2O4/c1-3-15(7-11(16)17)12(18)14-8-4-5-9(13)10(6-8)19-2/h4-6H,3,7H2,1-2H3,(H,14,18)(H,16,17). The monoisotopic (exact) mass is 270 g/mol. The summed E-state index contributed by atoms with van der Waals surface area (Å²) in [5.74, 6) is -1.65. The molecule has 19 heavy (non-hydrogen) atoms. The minimum atomic E-state index is -1.10. The fraction of sp³-hybridized carbons (Fsp3) is 0.333. The summed E-state index contributed by atoms with van der Waals surface area (Å²) in [6, 6.07) is 3.27. The summed E-state index contributed by atoms with van der Waals surface area (Å²) in [6.45, 7) is 1.50. The molecule has 1 aromatic rings. The molecule has 0 spiro atoms. The van der Waals surface area contributed by atoms with Gasteiger partial charge in [0.05, 0.1) is 7.11 Å². The Hall–Kier alpha value is -2.31. The number of carbonyl (C=O) groups excluding carboxylic acids is 1. The molecule has 1 rings (SSSR count). The molecular weight excluding hydrogens is 255 g/mol. The van der Waals surface area contributed by atoms with Crippen molar-refractivity contribution in [3.8, 4) is 5.75 Å². The first kappa shape index (κ1) is 14.7. The van der Waals surface area contributed by atoms with E-state index in [4.69, 9.17) is 9.84 Å². The molecule has 0 unspecified atom stereocenters. The molecule has 2 amide bonds. The van der Waals surface area contributed by atoms with Crippen LogP contribution >= 0.6 is 0 Å². The van der Waals surface area contributed by atoms with Gasteiger partial charge in [-0.15, -0.1) is 0 Å². The first-order chi connectivity index (χ1) is 8.97. The number of ether oxygens (including phenoxy) is 1. The molecule has 0 bridgehead atoms. The lowest BCUT2D eigenvalue weighted by Gasteiger charge is -2.19. The number of carboxylic acid groups (broad SMARTS) is 1. The van der Waals surface area contributed by atoms with Gasteiger partial charge in [0.2, 0.25) is 0 Å². The predicted molar refractivity (Wildman–Crippen MR) is 66.9 cm³/mol. The zero-order chi connectivity index (χ0) is 14.4. The lowest BCUT2D eigenvalue weighted by Crippen LogP contribution is -2.38. The predicted octanol–water partition coefficient (Wildman–Crippen LogP) is 1.77. The fourth-order valence-corrected chi connectivity index (χ4v) is 1.43. The van der Waals surface area contributed by atoms with E-state index >= 15 is 0 Å². The topological polar surface area (TPSA) is 78.9 Å². The lowest BCUT2D eigenvalue weighted by atomic mass is 10.3. The maximum atomic E-state index is 13.2. The molecule has 0 radical (unpaired) electrons. The minimum absolute atomic E-state index is 0.000849. The summed E-state index contributed by atoms with van der Waals surface area (Å²) in [6.07, 6.45) is 0. The average molecular weight is 270 g/mol. The van der Waals surface area contributed by atoms with E-state index in [9.17, 15) is 14.0 Å². The molecule has 0 atom stereocenters. The van der Waals surface area contributed by atoms with Crippen molar-refractivity contribution in [3.63, 3.8) is 0 Å². The van der Waals surface area contributed by atoms with Crippen molar-refractivity contribution < 1.29 is 23.8 Å². The number of anilines is 1. The van der Waals surface area contributed by atoms with Crippen LogP contribution in [0.25, 0.3) is 0 Å². The maximum Gasteiger partial charge on any atom is 0.323 e. The molecule has 0 aromatic heterocycles. The summed E-state index contributed by atoms with van der Waals surface area (Å²) in [7, 11) is 1.31. The number of aliphatic carboxylic acids is 1. The third-order valence-electron chi connectivity index (χ3n) is 2.40. The molecule has 0 aliphatic carbocycles. The maximum absolute atomic E-state index is 13.2. The number of benzene rings is 1. The molecule has 6 nitrogen and oxygen atoms in total. The Morgan fingerprint density at radius 1 is 1.47 bits per heavy atom. The summed E-state index contributed by atoms with van der Waals surface area (Å²) in [5.41, 5.74) is 0.326. The van der Waals surface area contributed by atoms with E-state index in [-0.39, 0.29) is 12.3 Å². The van der Waals surface area contributed by atoms with Crippen molar-refractivity contribution in [2.24, 2.45) is 0 Å². The van der Waals surface area contributed by atoms with Crippen molar-refractivity contribution in [1.29, 1.82) is 0 Å². The second kappa shape index (κ2) is 6.58. The number of hydrogen-bond donors (Lipinski definition) is 2. The molecule has 0 aliphatic rings. The van der Waals surface area contributed by atoms with Crippen molar-refractivity contribution in [2.45, 2.75) is 6.92 Å². The summed E-state index contributed by atoms with van der Waals surface area (Å²) < 4.78 is 18.0. The van der Waals surface area contributed by atoms with Gasteiger partial charge < -0.3 is 20.1 Å². The Morgan fingerprint density at radius 3 is 2.68 bits per heavy atom. The third-order valence-corrected chi connectivity index (χ3v) is 2.40. The Morgan fingerprint density at radius 2 is 2.16 bits per heavy atom. The van der Waals surface area contributed by atoms with Crippen LogP contribution in [0.1, 0.15) is 6.92 Å². The van der Waals surface area contributed by atoms with Crippen LogP contribution in [0.2, 0.25) is 0 Å². The van der Waals surface area contributed by atoms with Crippen LogP contribution in [-0.2, 0) is 4.79 Å². The van der Waals surface area contributed by atoms with Crippen molar-refractivity contribution in [2.75, 3.05) is 25.5 Å². The Bertz CT molecular complexity index is 479. The zero-order valence-electron chi connectivity index (χ0n) is 10.6. The van der Waals surface area contributed by atoms with Gasteiger partial charge in [-0.2, -0.15) is 0 Å². The molecule has 104 valence electrons. The Labute approximate surface area is 109 Å². The lowest BCUT2D eigenvalue weighted by molar-refractivity contribution is -0.137. The smallest absolute Gasteiger partial charge is 0.323 e. The summed E-state index contributed by atoms with van der Waals surface area (Å²) in [4.78, 5) is 23.5. The molecule has 0 saturated heterocycles. The highest BCUT2D eigenvalue weighted by atomic mass is 19.1. The number of nitrogens with one attached hydrogen (secondary N) is 1. The van der Waals surface area contributed by atoms with Crippen molar-refractivity contribution in [1.82, 2.24) is 4.90 Å². The van der Waals surface area contributed by atoms with Crippen LogP contribution in [0.15, 0.2) is 18.2 Å². The number of carboxylic acids is 1. The number of nitrogens with zero attached hydrogens (tertiary/aromatic N) is 1. The molecule has 0 heterocycles. The van der Waals surface area contributed by atoms with Gasteiger partial charge in [-0.25, -0.2) is 9.18 Å². The van der Waals surface area contributed by atoms with E-state index in [0.717, 1.165) is 11.0 Å². The average Bonchev–Trinajstić information content (AvgIpc) is 2.37. The molecular formula is C12H15FN2O4. The number of halogens is 1. The van der Waals surface area contributed by atoms with Crippen LogP contribution in [0.5, 0.6) is 5.75 Å². The fourth-order valence-electron chi connectivity index (χ4n) is 1.43. The van der Waals surface area contributed by atoms with E-state index < -0.39 is 24.4 Å². The molecule has 2 N–H and O–H groups in total. The van der Waals surface area contributed by atoms with Gasteiger partial charge >= 0.3 is 12.0 Å². The quantitative estimate of drug-likeness (QED) is 0.854. The molecule has 7 heteroatoms. The number of amides is 2. The second-order valence-corrected chi connectivity index (χ2v) is 3.69. The van der Waals surface area contributed by atoms with Crippen LogP contribution < -0.4 is 10.1 Å². The molecule has 0 aliphatic heterocycles. The van der Waals surface area contributed by atoms with Gasteiger partial charge in [0.1, 0.15) is 6.54 Å². The molecule has 0 saturated carbocycles. The number of carbonyl (C=O) groups is 2. The Balaban J connectivity index is 2.78. The highest BCUT2D eigenvalue weighted by molar-refractivity contribution is 5.91. The van der Waals surface area contributed by atoms with Gasteiger partial charge in [0, 0.05) is 18.3 Å². The Kier molecular flexibility index (Phi) is 5.11. The van der Waals surface area contributed by atoms with Gasteiger partial charge in [-0.05, 0) is 19.1 Å². The largest absolute Gasteiger partial charge is 0.494 e. The van der Waals surface area contributed by atoms with E-state index in [1.54, 1.807) is 6.92 Å². The number of rotatable bonds is 5. The zero-order valence-corrected chi connectivity index (χ0v) is 10.6.